The molecule has 4 atom stereocenters. The smallest absolute Gasteiger partial charge is 0.321 e. The number of benzene rings is 6. The molecule has 2 amide bonds. The van der Waals surface area contributed by atoms with Gasteiger partial charge in [0.1, 0.15) is 0 Å². The van der Waals surface area contributed by atoms with Gasteiger partial charge in [-0.2, -0.15) is 0 Å². The van der Waals surface area contributed by atoms with E-state index in [4.69, 9.17) is 0 Å². The number of hydrogen-bond acceptors (Lipinski definition) is 2. The van der Waals surface area contributed by atoms with Crippen LogP contribution in [0.4, 0.5) is 4.79 Å². The van der Waals surface area contributed by atoms with Crippen molar-refractivity contribution in [2.24, 2.45) is 0 Å². The van der Waals surface area contributed by atoms with Crippen molar-refractivity contribution in [3.05, 3.63) is 168 Å². The van der Waals surface area contributed by atoms with Crippen LogP contribution in [-0.2, 0) is 25.9 Å². The second kappa shape index (κ2) is 13.5. The molecule has 0 spiro atoms. The van der Waals surface area contributed by atoms with Crippen molar-refractivity contribution in [2.45, 2.75) is 48.9 Å². The molecular formula is C41H37BrN2O2. The molecule has 1 heterocycles. The standard InChI is InChI=1S/C41H37BrN2O2/c42-37(25-29-11-3-1-4-12-29)39-40(45)38(26-30-13-5-2-6-14-30)43(27-31-19-21-33-15-7-9-17-35(33)23-31)41(46)44(39)28-32-20-22-34-16-8-10-18-36(34)24-32/h1-24,37-40,45H,25-28H2/t37?,38-,39-,40+/m1/s1. The van der Waals surface area contributed by atoms with Crippen LogP contribution < -0.4 is 0 Å². The lowest BCUT2D eigenvalue weighted by Crippen LogP contribution is -2.68. The van der Waals surface area contributed by atoms with Crippen LogP contribution in [0, 0.1) is 0 Å². The van der Waals surface area contributed by atoms with Crippen LogP contribution in [0.15, 0.2) is 146 Å². The molecule has 7 rings (SSSR count). The lowest BCUT2D eigenvalue weighted by molar-refractivity contribution is -0.0427. The van der Waals surface area contributed by atoms with E-state index in [0.717, 1.165) is 43.8 Å². The van der Waals surface area contributed by atoms with Crippen molar-refractivity contribution >= 4 is 43.5 Å². The van der Waals surface area contributed by atoms with Gasteiger partial charge >= 0.3 is 6.03 Å². The monoisotopic (exact) mass is 668 g/mol. The average Bonchev–Trinajstić information content (AvgIpc) is 3.09. The molecule has 4 nitrogen and oxygen atoms in total. The van der Waals surface area contributed by atoms with Crippen molar-refractivity contribution in [3.63, 3.8) is 0 Å². The van der Waals surface area contributed by atoms with Crippen molar-refractivity contribution in [1.29, 1.82) is 0 Å². The Kier molecular flexibility index (Phi) is 8.87. The summed E-state index contributed by atoms with van der Waals surface area (Å²) in [6.07, 6.45) is 0.450. The summed E-state index contributed by atoms with van der Waals surface area (Å²) in [4.78, 5) is 18.5. The maximum absolute atomic E-state index is 14.9. The Morgan fingerprint density at radius 1 is 0.565 bits per heavy atom. The lowest BCUT2D eigenvalue weighted by atomic mass is 9.87. The van der Waals surface area contributed by atoms with Crippen LogP contribution in [0.25, 0.3) is 21.5 Å². The SMILES string of the molecule is O=C1N(Cc2ccc3ccccc3c2)[C@H](Cc2ccccc2)[C@H](O)[C@@H](C(Br)Cc2ccccc2)N1Cc1ccc2ccccc2c1. The minimum absolute atomic E-state index is 0.0601. The van der Waals surface area contributed by atoms with E-state index in [2.05, 4.69) is 101 Å². The molecule has 5 heteroatoms. The number of amides is 2. The van der Waals surface area contributed by atoms with E-state index < -0.39 is 18.2 Å². The zero-order chi connectivity index (χ0) is 31.5. The summed E-state index contributed by atoms with van der Waals surface area (Å²) in [6.45, 7) is 0.805. The van der Waals surface area contributed by atoms with Gasteiger partial charge < -0.3 is 14.9 Å². The first-order chi connectivity index (χ1) is 22.5. The Morgan fingerprint density at radius 3 is 1.61 bits per heavy atom. The third-order valence-corrected chi connectivity index (χ3v) is 10.1. The quantitative estimate of drug-likeness (QED) is 0.157. The average molecular weight is 670 g/mol. The fourth-order valence-corrected chi connectivity index (χ4v) is 7.88. The van der Waals surface area contributed by atoms with Gasteiger partial charge in [0.05, 0.1) is 18.2 Å². The number of aliphatic hydroxyl groups excluding tert-OH is 1. The Morgan fingerprint density at radius 2 is 1.04 bits per heavy atom. The first-order valence-corrected chi connectivity index (χ1v) is 16.9. The zero-order valence-corrected chi connectivity index (χ0v) is 27.2. The van der Waals surface area contributed by atoms with Crippen LogP contribution in [0.2, 0.25) is 0 Å². The molecule has 0 radical (unpaired) electrons. The van der Waals surface area contributed by atoms with E-state index in [9.17, 15) is 9.90 Å². The normalized spacial score (nSPS) is 19.1. The van der Waals surface area contributed by atoms with Gasteiger partial charge in [-0.15, -0.1) is 0 Å². The van der Waals surface area contributed by atoms with E-state index in [0.29, 0.717) is 25.9 Å². The molecule has 46 heavy (non-hydrogen) atoms. The molecule has 230 valence electrons. The van der Waals surface area contributed by atoms with Crippen LogP contribution in [0.3, 0.4) is 0 Å². The highest BCUT2D eigenvalue weighted by atomic mass is 79.9. The summed E-state index contributed by atoms with van der Waals surface area (Å²) in [5.41, 5.74) is 4.34. The molecular weight excluding hydrogens is 632 g/mol. The van der Waals surface area contributed by atoms with E-state index in [1.807, 2.05) is 70.5 Å². The molecule has 1 N–H and O–H groups in total. The molecule has 6 aromatic carbocycles. The number of rotatable bonds is 9. The predicted molar refractivity (Wildman–Crippen MR) is 191 cm³/mol. The second-order valence-corrected chi connectivity index (χ2v) is 13.5. The molecule has 0 aromatic heterocycles. The Balaban J connectivity index is 1.28. The Hall–Kier alpha value is -4.45. The van der Waals surface area contributed by atoms with Gasteiger partial charge in [-0.05, 0) is 68.8 Å². The number of alkyl halides is 1. The molecule has 1 saturated heterocycles. The number of hydrogen-bond donors (Lipinski definition) is 1. The minimum Gasteiger partial charge on any atom is -0.389 e. The summed E-state index contributed by atoms with van der Waals surface area (Å²) in [5.74, 6) is 0. The molecule has 1 aliphatic rings. The van der Waals surface area contributed by atoms with Crippen LogP contribution in [0.1, 0.15) is 22.3 Å². The number of halogens is 1. The lowest BCUT2D eigenvalue weighted by Gasteiger charge is -2.51. The van der Waals surface area contributed by atoms with Crippen LogP contribution in [-0.4, -0.2) is 44.0 Å². The second-order valence-electron chi connectivity index (χ2n) is 12.3. The third-order valence-electron chi connectivity index (χ3n) is 9.26. The third kappa shape index (κ3) is 6.44. The van der Waals surface area contributed by atoms with Crippen molar-refractivity contribution in [1.82, 2.24) is 9.80 Å². The van der Waals surface area contributed by atoms with Crippen molar-refractivity contribution in [2.75, 3.05) is 0 Å². The first-order valence-electron chi connectivity index (χ1n) is 16.0. The minimum atomic E-state index is -0.799. The zero-order valence-electron chi connectivity index (χ0n) is 25.6. The highest BCUT2D eigenvalue weighted by Gasteiger charge is 2.48. The molecule has 0 bridgehead atoms. The highest BCUT2D eigenvalue weighted by molar-refractivity contribution is 9.09. The van der Waals surface area contributed by atoms with Crippen molar-refractivity contribution in [3.8, 4) is 0 Å². The summed E-state index contributed by atoms with van der Waals surface area (Å²) >= 11 is 3.99. The summed E-state index contributed by atoms with van der Waals surface area (Å²) in [6, 6.07) is 48.9. The Labute approximate surface area is 279 Å². The number of fused-ring (bicyclic) bond motifs is 2. The fourth-order valence-electron chi connectivity index (χ4n) is 6.91. The maximum Gasteiger partial charge on any atom is 0.321 e. The number of aliphatic hydroxyl groups is 1. The van der Waals surface area contributed by atoms with Gasteiger partial charge in [-0.3, -0.25) is 0 Å². The van der Waals surface area contributed by atoms with E-state index in [1.54, 1.807) is 0 Å². The summed E-state index contributed by atoms with van der Waals surface area (Å²) in [5, 5.41) is 17.0. The fraction of sp³-hybridized carbons (Fsp3) is 0.195. The first kappa shape index (κ1) is 30.2. The number of carbonyl (C=O) groups excluding carboxylic acids is 1. The molecule has 0 aliphatic carbocycles. The number of nitrogens with zero attached hydrogens (tertiary/aromatic N) is 2. The van der Waals surface area contributed by atoms with E-state index >= 15 is 0 Å². The van der Waals surface area contributed by atoms with Gasteiger partial charge in [0.15, 0.2) is 0 Å². The molecule has 1 aliphatic heterocycles. The maximum atomic E-state index is 14.9. The summed E-state index contributed by atoms with van der Waals surface area (Å²) < 4.78 is 0. The van der Waals surface area contributed by atoms with Gasteiger partial charge in [-0.1, -0.05) is 149 Å². The van der Waals surface area contributed by atoms with Crippen molar-refractivity contribution < 1.29 is 9.90 Å². The van der Waals surface area contributed by atoms with E-state index in [-0.39, 0.29) is 10.9 Å². The van der Waals surface area contributed by atoms with Crippen LogP contribution in [0.5, 0.6) is 0 Å². The molecule has 6 aromatic rings. The largest absolute Gasteiger partial charge is 0.389 e. The van der Waals surface area contributed by atoms with Crippen LogP contribution >= 0.6 is 15.9 Å². The topological polar surface area (TPSA) is 43.8 Å². The van der Waals surface area contributed by atoms with E-state index in [1.165, 1.54) is 0 Å². The Bertz CT molecular complexity index is 1950. The molecule has 1 fully saturated rings. The molecule has 1 unspecified atom stereocenters. The van der Waals surface area contributed by atoms with Gasteiger partial charge in [0, 0.05) is 17.9 Å². The predicted octanol–water partition coefficient (Wildman–Crippen LogP) is 8.78. The van der Waals surface area contributed by atoms with Gasteiger partial charge in [0.2, 0.25) is 0 Å². The summed E-state index contributed by atoms with van der Waals surface area (Å²) in [7, 11) is 0. The van der Waals surface area contributed by atoms with Gasteiger partial charge in [-0.25, -0.2) is 4.79 Å². The number of carbonyl (C=O) groups is 1. The molecule has 0 saturated carbocycles. The number of urea groups is 1. The van der Waals surface area contributed by atoms with Gasteiger partial charge in [0.25, 0.3) is 0 Å². The highest BCUT2D eigenvalue weighted by Crippen LogP contribution is 2.34.